The number of urea groups is 1. The highest BCUT2D eigenvalue weighted by atomic mass is 16.6. The van der Waals surface area contributed by atoms with Crippen LogP contribution < -0.4 is 14.8 Å². The summed E-state index contributed by atoms with van der Waals surface area (Å²) in [5.41, 5.74) is 0.444. The summed E-state index contributed by atoms with van der Waals surface area (Å²) in [6.07, 6.45) is -1.11. The van der Waals surface area contributed by atoms with Crippen molar-refractivity contribution in [3.05, 3.63) is 23.8 Å². The van der Waals surface area contributed by atoms with Crippen LogP contribution in [0.15, 0.2) is 18.2 Å². The van der Waals surface area contributed by atoms with Crippen molar-refractivity contribution in [3.63, 3.8) is 0 Å². The van der Waals surface area contributed by atoms with Crippen molar-refractivity contribution < 1.29 is 33.4 Å². The lowest BCUT2D eigenvalue weighted by Crippen LogP contribution is -2.42. The molecule has 1 fully saturated rings. The minimum Gasteiger partial charge on any atom is -0.493 e. The van der Waals surface area contributed by atoms with E-state index < -0.39 is 30.6 Å². The van der Waals surface area contributed by atoms with Crippen LogP contribution in [-0.2, 0) is 14.3 Å². The van der Waals surface area contributed by atoms with Gasteiger partial charge in [-0.25, -0.2) is 9.59 Å². The number of hydrogen-bond acceptors (Lipinski definition) is 7. The van der Waals surface area contributed by atoms with Gasteiger partial charge in [-0.15, -0.1) is 0 Å². The van der Waals surface area contributed by atoms with Crippen molar-refractivity contribution >= 4 is 23.7 Å². The molecule has 1 heterocycles. The summed E-state index contributed by atoms with van der Waals surface area (Å²) in [7, 11) is 1.41. The van der Waals surface area contributed by atoms with Gasteiger partial charge < -0.3 is 19.5 Å². The normalized spacial score (nSPS) is 14.4. The standard InChI is InChI=1S/C17H20N2O7/c1-10(20)12-4-5-13(14(8-12)24-3)25-9-15(21)26-11(2)16(22)19-7-6-18-17(19)23/h4-5,8,11H,6-7,9H2,1-3H3,(H,18,23)/t11-/m0/s1. The van der Waals surface area contributed by atoms with Gasteiger partial charge in [0.05, 0.1) is 7.11 Å². The number of rotatable bonds is 7. The van der Waals surface area contributed by atoms with Gasteiger partial charge in [0.2, 0.25) is 0 Å². The van der Waals surface area contributed by atoms with Gasteiger partial charge in [-0.1, -0.05) is 0 Å². The number of imide groups is 1. The van der Waals surface area contributed by atoms with E-state index in [4.69, 9.17) is 14.2 Å². The summed E-state index contributed by atoms with van der Waals surface area (Å²) in [5.74, 6) is -0.955. The Morgan fingerprint density at radius 1 is 1.27 bits per heavy atom. The van der Waals surface area contributed by atoms with Crippen molar-refractivity contribution in [1.82, 2.24) is 10.2 Å². The van der Waals surface area contributed by atoms with E-state index in [2.05, 4.69) is 5.32 Å². The average molecular weight is 364 g/mol. The van der Waals surface area contributed by atoms with Crippen LogP contribution in [0.1, 0.15) is 24.2 Å². The van der Waals surface area contributed by atoms with E-state index in [0.717, 1.165) is 4.90 Å². The van der Waals surface area contributed by atoms with Gasteiger partial charge in [0.15, 0.2) is 30.0 Å². The molecule has 140 valence electrons. The van der Waals surface area contributed by atoms with Crippen molar-refractivity contribution in [2.24, 2.45) is 0 Å². The predicted octanol–water partition coefficient (Wildman–Crippen LogP) is 0.760. The third kappa shape index (κ3) is 4.50. The van der Waals surface area contributed by atoms with Crippen LogP contribution in [0.3, 0.4) is 0 Å². The van der Waals surface area contributed by atoms with Crippen molar-refractivity contribution in [3.8, 4) is 11.5 Å². The van der Waals surface area contributed by atoms with Crippen LogP contribution in [0, 0.1) is 0 Å². The Kier molecular flexibility index (Phi) is 6.16. The first-order chi connectivity index (χ1) is 12.3. The number of carbonyl (C=O) groups excluding carboxylic acids is 4. The molecule has 9 nitrogen and oxygen atoms in total. The second-order valence-corrected chi connectivity index (χ2v) is 5.56. The highest BCUT2D eigenvalue weighted by Gasteiger charge is 2.31. The van der Waals surface area contributed by atoms with E-state index in [9.17, 15) is 19.2 Å². The second kappa shape index (κ2) is 8.32. The fraction of sp³-hybridized carbons (Fsp3) is 0.412. The molecule has 0 aliphatic carbocycles. The maximum absolute atomic E-state index is 12.1. The number of nitrogens with one attached hydrogen (secondary N) is 1. The molecule has 1 saturated heterocycles. The molecule has 1 N–H and O–H groups in total. The first-order valence-corrected chi connectivity index (χ1v) is 7.94. The van der Waals surface area contributed by atoms with Crippen LogP contribution in [0.25, 0.3) is 0 Å². The molecule has 0 bridgehead atoms. The van der Waals surface area contributed by atoms with Crippen molar-refractivity contribution in [2.75, 3.05) is 26.8 Å². The summed E-state index contributed by atoms with van der Waals surface area (Å²) in [6, 6.07) is 4.04. The zero-order valence-electron chi connectivity index (χ0n) is 14.7. The molecule has 1 aliphatic heterocycles. The summed E-state index contributed by atoms with van der Waals surface area (Å²) >= 11 is 0. The minimum atomic E-state index is -1.11. The smallest absolute Gasteiger partial charge is 0.344 e. The summed E-state index contributed by atoms with van der Waals surface area (Å²) in [4.78, 5) is 47.8. The highest BCUT2D eigenvalue weighted by molar-refractivity contribution is 5.98. The Morgan fingerprint density at radius 2 is 2.00 bits per heavy atom. The Labute approximate surface area is 150 Å². The molecular formula is C17H20N2O7. The average Bonchev–Trinajstić information content (AvgIpc) is 3.04. The van der Waals surface area contributed by atoms with Gasteiger partial charge in [-0.3, -0.25) is 14.5 Å². The number of esters is 1. The van der Waals surface area contributed by atoms with Gasteiger partial charge in [-0.2, -0.15) is 0 Å². The largest absolute Gasteiger partial charge is 0.493 e. The van der Waals surface area contributed by atoms with Gasteiger partial charge in [0.25, 0.3) is 5.91 Å². The molecule has 0 spiro atoms. The maximum Gasteiger partial charge on any atom is 0.344 e. The maximum atomic E-state index is 12.1. The quantitative estimate of drug-likeness (QED) is 0.561. The predicted molar refractivity (Wildman–Crippen MR) is 89.2 cm³/mol. The van der Waals surface area contributed by atoms with E-state index in [-0.39, 0.29) is 18.1 Å². The fourth-order valence-corrected chi connectivity index (χ4v) is 2.33. The van der Waals surface area contributed by atoms with Gasteiger partial charge >= 0.3 is 12.0 Å². The Morgan fingerprint density at radius 3 is 2.58 bits per heavy atom. The Balaban J connectivity index is 1.91. The topological polar surface area (TPSA) is 111 Å². The highest BCUT2D eigenvalue weighted by Crippen LogP contribution is 2.28. The lowest BCUT2D eigenvalue weighted by Gasteiger charge is -2.18. The van der Waals surface area contributed by atoms with Gasteiger partial charge in [0.1, 0.15) is 0 Å². The van der Waals surface area contributed by atoms with Crippen LogP contribution in [0.5, 0.6) is 11.5 Å². The molecule has 0 radical (unpaired) electrons. The van der Waals surface area contributed by atoms with Crippen LogP contribution >= 0.6 is 0 Å². The number of amides is 3. The number of carbonyl (C=O) groups is 4. The zero-order valence-corrected chi connectivity index (χ0v) is 14.7. The molecule has 0 saturated carbocycles. The second-order valence-electron chi connectivity index (χ2n) is 5.56. The number of Topliss-reactive ketones (excluding diaryl/α,β-unsaturated/α-hetero) is 1. The van der Waals surface area contributed by atoms with E-state index in [0.29, 0.717) is 17.9 Å². The number of nitrogens with zero attached hydrogens (tertiary/aromatic N) is 1. The number of methoxy groups -OCH3 is 1. The molecule has 1 atom stereocenters. The van der Waals surface area contributed by atoms with Crippen LogP contribution in [0.2, 0.25) is 0 Å². The van der Waals surface area contributed by atoms with E-state index in [1.807, 2.05) is 0 Å². The summed E-state index contributed by atoms with van der Waals surface area (Å²) in [6.45, 7) is 2.94. The van der Waals surface area contributed by atoms with Gasteiger partial charge in [0, 0.05) is 18.7 Å². The summed E-state index contributed by atoms with van der Waals surface area (Å²) < 4.78 is 15.5. The SMILES string of the molecule is COc1cc(C(C)=O)ccc1OCC(=O)O[C@@H](C)C(=O)N1CCNC1=O. The first kappa shape index (κ1) is 19.2. The molecular weight excluding hydrogens is 344 g/mol. The van der Waals surface area contributed by atoms with E-state index >= 15 is 0 Å². The molecule has 0 aromatic heterocycles. The number of ether oxygens (including phenoxy) is 3. The summed E-state index contributed by atoms with van der Waals surface area (Å²) in [5, 5.41) is 2.49. The molecule has 0 unspecified atom stereocenters. The third-order valence-electron chi connectivity index (χ3n) is 3.69. The fourth-order valence-electron chi connectivity index (χ4n) is 2.33. The Hall–Kier alpha value is -3.10. The lowest BCUT2D eigenvalue weighted by atomic mass is 10.1. The van der Waals surface area contributed by atoms with Crippen LogP contribution in [0.4, 0.5) is 4.79 Å². The molecule has 3 amide bonds. The van der Waals surface area contributed by atoms with Crippen LogP contribution in [-0.4, -0.2) is 61.5 Å². The first-order valence-electron chi connectivity index (χ1n) is 7.94. The Bertz CT molecular complexity index is 732. The number of hydrogen-bond donors (Lipinski definition) is 1. The number of ketones is 1. The molecule has 1 aliphatic rings. The minimum absolute atomic E-state index is 0.132. The van der Waals surface area contributed by atoms with E-state index in [1.54, 1.807) is 6.07 Å². The van der Waals surface area contributed by atoms with E-state index in [1.165, 1.54) is 33.1 Å². The molecule has 9 heteroatoms. The zero-order chi connectivity index (χ0) is 19.3. The molecule has 26 heavy (non-hydrogen) atoms. The monoisotopic (exact) mass is 364 g/mol. The third-order valence-corrected chi connectivity index (χ3v) is 3.69. The lowest BCUT2D eigenvalue weighted by molar-refractivity contribution is -0.159. The van der Waals surface area contributed by atoms with Crippen molar-refractivity contribution in [1.29, 1.82) is 0 Å². The number of benzene rings is 1. The molecule has 2 rings (SSSR count). The molecule has 1 aromatic carbocycles. The van der Waals surface area contributed by atoms with Crippen molar-refractivity contribution in [2.45, 2.75) is 20.0 Å². The molecule has 1 aromatic rings. The van der Waals surface area contributed by atoms with Gasteiger partial charge in [-0.05, 0) is 32.0 Å².